The van der Waals surface area contributed by atoms with Crippen molar-refractivity contribution < 1.29 is 9.18 Å². The highest BCUT2D eigenvalue weighted by Gasteiger charge is 2.14. The van der Waals surface area contributed by atoms with Gasteiger partial charge in [-0.1, -0.05) is 11.3 Å². The fourth-order valence-corrected chi connectivity index (χ4v) is 4.25. The second-order valence-corrected chi connectivity index (χ2v) is 7.43. The number of thiazole rings is 1. The van der Waals surface area contributed by atoms with E-state index in [0.29, 0.717) is 12.1 Å². The van der Waals surface area contributed by atoms with Crippen LogP contribution in [-0.2, 0) is 6.54 Å². The van der Waals surface area contributed by atoms with Crippen LogP contribution in [0.2, 0.25) is 0 Å². The molecule has 1 aromatic carbocycles. The first kappa shape index (κ1) is 16.0. The fraction of sp³-hybridized carbons (Fsp3) is 0.111. The summed E-state index contributed by atoms with van der Waals surface area (Å²) < 4.78 is 15.1. The van der Waals surface area contributed by atoms with Gasteiger partial charge in [0.25, 0.3) is 5.91 Å². The molecule has 0 atom stereocenters. The molecule has 0 unspecified atom stereocenters. The lowest BCUT2D eigenvalue weighted by Gasteiger charge is -2.03. The molecule has 0 saturated heterocycles. The Kier molecular flexibility index (Phi) is 4.10. The summed E-state index contributed by atoms with van der Waals surface area (Å²) >= 11 is 3.05. The van der Waals surface area contributed by atoms with Gasteiger partial charge in [0.2, 0.25) is 0 Å². The number of fused-ring (bicyclic) bond motifs is 1. The maximum Gasteiger partial charge on any atom is 0.252 e. The zero-order chi connectivity index (χ0) is 17.4. The summed E-state index contributed by atoms with van der Waals surface area (Å²) in [5.41, 5.74) is 3.42. The number of rotatable bonds is 4. The normalized spacial score (nSPS) is 11.1. The summed E-state index contributed by atoms with van der Waals surface area (Å²) in [6, 6.07) is 8.11. The number of hydrogen-bond donors (Lipinski definition) is 1. The molecule has 1 N–H and O–H groups in total. The molecular formula is C18H14FN3OS2. The Hall–Kier alpha value is -2.51. The minimum atomic E-state index is -0.260. The largest absolute Gasteiger partial charge is 0.347 e. The number of nitrogens with one attached hydrogen (secondary N) is 1. The molecule has 7 heteroatoms. The Balaban J connectivity index is 1.56. The van der Waals surface area contributed by atoms with Crippen LogP contribution in [0.25, 0.3) is 16.2 Å². The molecule has 126 valence electrons. The van der Waals surface area contributed by atoms with Gasteiger partial charge in [0.05, 0.1) is 12.2 Å². The number of carbonyl (C=O) groups is 1. The van der Waals surface area contributed by atoms with Crippen molar-refractivity contribution in [1.82, 2.24) is 14.7 Å². The highest BCUT2D eigenvalue weighted by molar-refractivity contribution is 7.17. The van der Waals surface area contributed by atoms with Crippen molar-refractivity contribution in [2.24, 2.45) is 0 Å². The Bertz CT molecular complexity index is 1030. The van der Waals surface area contributed by atoms with E-state index in [1.807, 2.05) is 34.3 Å². The second-order valence-electron chi connectivity index (χ2n) is 5.59. The third-order valence-corrected chi connectivity index (χ3v) is 5.83. The molecule has 3 heterocycles. The van der Waals surface area contributed by atoms with Gasteiger partial charge in [-0.3, -0.25) is 9.20 Å². The number of benzene rings is 1. The zero-order valence-corrected chi connectivity index (χ0v) is 15.0. The first-order valence-electron chi connectivity index (χ1n) is 7.65. The second kappa shape index (κ2) is 6.42. The number of aryl methyl sites for hydroxylation is 1. The van der Waals surface area contributed by atoms with Crippen LogP contribution in [0, 0.1) is 12.7 Å². The molecule has 4 aromatic rings. The van der Waals surface area contributed by atoms with Crippen molar-refractivity contribution in [3.8, 4) is 11.3 Å². The van der Waals surface area contributed by atoms with Crippen LogP contribution >= 0.6 is 22.7 Å². The minimum absolute atomic E-state index is 0.0707. The highest BCUT2D eigenvalue weighted by Crippen LogP contribution is 2.27. The van der Waals surface area contributed by atoms with Crippen LogP contribution in [0.3, 0.4) is 0 Å². The standard InChI is InChI=1S/C18H14FN3OS2/c1-11-16(8-20-17(23)13-6-7-24-10-13)25-18-21-15(9-22(11)18)12-2-4-14(19)5-3-12/h2-7,9-10H,8H2,1H3,(H,20,23). The number of carbonyl (C=O) groups excluding carboxylic acids is 1. The minimum Gasteiger partial charge on any atom is -0.347 e. The van der Waals surface area contributed by atoms with E-state index in [1.54, 1.807) is 23.5 Å². The Morgan fingerprint density at radius 1 is 1.28 bits per heavy atom. The van der Waals surface area contributed by atoms with Gasteiger partial charge in [0, 0.05) is 33.3 Å². The first-order valence-corrected chi connectivity index (χ1v) is 9.41. The summed E-state index contributed by atoms with van der Waals surface area (Å²) in [6.07, 6.45) is 1.94. The molecule has 1 amide bonds. The SMILES string of the molecule is Cc1c(CNC(=O)c2ccsc2)sc2nc(-c3ccc(F)cc3)cn12. The highest BCUT2D eigenvalue weighted by atomic mass is 32.1. The number of thiophene rings is 1. The van der Waals surface area contributed by atoms with Crippen LogP contribution in [0.4, 0.5) is 4.39 Å². The van der Waals surface area contributed by atoms with Crippen LogP contribution < -0.4 is 5.32 Å². The van der Waals surface area contributed by atoms with Crippen molar-refractivity contribution >= 4 is 33.5 Å². The lowest BCUT2D eigenvalue weighted by molar-refractivity contribution is 0.0951. The van der Waals surface area contributed by atoms with Gasteiger partial charge in [-0.25, -0.2) is 9.37 Å². The molecule has 0 aliphatic rings. The van der Waals surface area contributed by atoms with Crippen LogP contribution in [0.5, 0.6) is 0 Å². The third-order valence-electron chi connectivity index (χ3n) is 3.99. The molecule has 0 aliphatic heterocycles. The number of amides is 1. The number of hydrogen-bond acceptors (Lipinski definition) is 4. The summed E-state index contributed by atoms with van der Waals surface area (Å²) in [5, 5.41) is 6.66. The van der Waals surface area contributed by atoms with E-state index < -0.39 is 0 Å². The van der Waals surface area contributed by atoms with Crippen molar-refractivity contribution in [2.75, 3.05) is 0 Å². The molecule has 3 aromatic heterocycles. The van der Waals surface area contributed by atoms with Crippen molar-refractivity contribution in [3.63, 3.8) is 0 Å². The van der Waals surface area contributed by atoms with E-state index in [9.17, 15) is 9.18 Å². The average molecular weight is 371 g/mol. The smallest absolute Gasteiger partial charge is 0.252 e. The van der Waals surface area contributed by atoms with Gasteiger partial charge >= 0.3 is 0 Å². The molecule has 0 fully saturated rings. The Morgan fingerprint density at radius 3 is 2.76 bits per heavy atom. The Morgan fingerprint density at radius 2 is 2.08 bits per heavy atom. The predicted molar refractivity (Wildman–Crippen MR) is 98.7 cm³/mol. The number of halogens is 1. The molecule has 0 radical (unpaired) electrons. The van der Waals surface area contributed by atoms with Crippen LogP contribution in [0.1, 0.15) is 20.9 Å². The summed E-state index contributed by atoms with van der Waals surface area (Å²) in [4.78, 5) is 18.6. The maximum absolute atomic E-state index is 13.1. The summed E-state index contributed by atoms with van der Waals surface area (Å²) in [7, 11) is 0. The maximum atomic E-state index is 13.1. The fourth-order valence-electron chi connectivity index (χ4n) is 2.57. The van der Waals surface area contributed by atoms with E-state index in [0.717, 1.165) is 26.8 Å². The molecule has 0 spiro atoms. The quantitative estimate of drug-likeness (QED) is 0.574. The van der Waals surface area contributed by atoms with Gasteiger partial charge in [-0.15, -0.1) is 0 Å². The van der Waals surface area contributed by atoms with Gasteiger partial charge in [0.15, 0.2) is 4.96 Å². The molecule has 0 bridgehead atoms. The number of imidazole rings is 1. The lowest BCUT2D eigenvalue weighted by atomic mass is 10.2. The molecular weight excluding hydrogens is 357 g/mol. The van der Waals surface area contributed by atoms with Gasteiger partial charge in [0.1, 0.15) is 5.82 Å². The van der Waals surface area contributed by atoms with E-state index in [2.05, 4.69) is 10.3 Å². The molecule has 25 heavy (non-hydrogen) atoms. The van der Waals surface area contributed by atoms with E-state index in [1.165, 1.54) is 23.5 Å². The van der Waals surface area contributed by atoms with Gasteiger partial charge < -0.3 is 5.32 Å². The van der Waals surface area contributed by atoms with Gasteiger partial charge in [-0.05, 0) is 42.6 Å². The monoisotopic (exact) mass is 371 g/mol. The topological polar surface area (TPSA) is 46.4 Å². The summed E-state index contributed by atoms with van der Waals surface area (Å²) in [5.74, 6) is -0.330. The molecule has 4 nitrogen and oxygen atoms in total. The van der Waals surface area contributed by atoms with E-state index >= 15 is 0 Å². The first-order chi connectivity index (χ1) is 12.1. The molecule has 0 aliphatic carbocycles. The van der Waals surface area contributed by atoms with Crippen LogP contribution in [-0.4, -0.2) is 15.3 Å². The number of aromatic nitrogens is 2. The van der Waals surface area contributed by atoms with Crippen molar-refractivity contribution in [3.05, 3.63) is 69.2 Å². The number of nitrogens with zero attached hydrogens (tertiary/aromatic N) is 2. The molecule has 4 rings (SSSR count). The van der Waals surface area contributed by atoms with Crippen molar-refractivity contribution in [1.29, 1.82) is 0 Å². The van der Waals surface area contributed by atoms with Crippen LogP contribution in [0.15, 0.2) is 47.3 Å². The zero-order valence-electron chi connectivity index (χ0n) is 13.3. The Labute approximate surface area is 151 Å². The predicted octanol–water partition coefficient (Wildman–Crippen LogP) is 4.50. The van der Waals surface area contributed by atoms with E-state index in [4.69, 9.17) is 0 Å². The molecule has 0 saturated carbocycles. The van der Waals surface area contributed by atoms with Crippen molar-refractivity contribution in [2.45, 2.75) is 13.5 Å². The average Bonchev–Trinajstić information content (AvgIpc) is 3.32. The summed E-state index contributed by atoms with van der Waals surface area (Å²) in [6.45, 7) is 2.48. The van der Waals surface area contributed by atoms with E-state index in [-0.39, 0.29) is 11.7 Å². The lowest BCUT2D eigenvalue weighted by Crippen LogP contribution is -2.22. The third kappa shape index (κ3) is 3.08. The van der Waals surface area contributed by atoms with Gasteiger partial charge in [-0.2, -0.15) is 11.3 Å².